The van der Waals surface area contributed by atoms with Crippen LogP contribution in [0.15, 0.2) is 89.9 Å². The molecule has 0 bridgehead atoms. The molecule has 0 saturated heterocycles. The Morgan fingerprint density at radius 1 is 0.938 bits per heavy atom. The van der Waals surface area contributed by atoms with E-state index in [0.717, 1.165) is 24.5 Å². The topological polar surface area (TPSA) is 88.7 Å². The third kappa shape index (κ3) is 7.47. The number of benzene rings is 3. The van der Waals surface area contributed by atoms with Crippen LogP contribution in [0.2, 0.25) is 0 Å². The maximum atomic E-state index is 10.9. The maximum Gasteiger partial charge on any atom is 0.255 e. The van der Waals surface area contributed by atoms with Crippen molar-refractivity contribution in [1.82, 2.24) is 10.6 Å². The zero-order valence-corrected chi connectivity index (χ0v) is 18.3. The molecule has 0 aliphatic rings. The molecule has 0 heterocycles. The Morgan fingerprint density at radius 2 is 1.62 bits per heavy atom. The number of aliphatic imine (C=N–C) groups is 1. The Bertz CT molecular complexity index is 1010. The van der Waals surface area contributed by atoms with Gasteiger partial charge in [0.2, 0.25) is 0 Å². The fourth-order valence-electron chi connectivity index (χ4n) is 3.46. The molecule has 0 aliphatic carbocycles. The number of primary amides is 1. The van der Waals surface area contributed by atoms with Crippen LogP contribution in [0.5, 0.6) is 5.75 Å². The number of nitrogens with two attached hydrogens (primary N) is 1. The van der Waals surface area contributed by atoms with Gasteiger partial charge in [-0.15, -0.1) is 0 Å². The van der Waals surface area contributed by atoms with E-state index in [-0.39, 0.29) is 6.61 Å². The number of rotatable bonds is 10. The normalized spacial score (nSPS) is 12.1. The molecular formula is C26H30N4O2. The van der Waals surface area contributed by atoms with Gasteiger partial charge in [0.15, 0.2) is 12.6 Å². The lowest BCUT2D eigenvalue weighted by Crippen LogP contribution is -2.39. The van der Waals surface area contributed by atoms with Crippen molar-refractivity contribution < 1.29 is 9.53 Å². The highest BCUT2D eigenvalue weighted by Crippen LogP contribution is 2.20. The fraction of sp³-hybridized carbons (Fsp3) is 0.231. The quantitative estimate of drug-likeness (QED) is 0.340. The Morgan fingerprint density at radius 3 is 2.31 bits per heavy atom. The first-order chi connectivity index (χ1) is 15.6. The molecule has 3 aromatic carbocycles. The van der Waals surface area contributed by atoms with E-state index < -0.39 is 5.91 Å². The van der Waals surface area contributed by atoms with E-state index in [1.807, 2.05) is 30.3 Å². The third-order valence-corrected chi connectivity index (χ3v) is 5.07. The van der Waals surface area contributed by atoms with Crippen LogP contribution in [0.3, 0.4) is 0 Å². The third-order valence-electron chi connectivity index (χ3n) is 5.07. The van der Waals surface area contributed by atoms with Crippen LogP contribution in [0, 0.1) is 0 Å². The van der Waals surface area contributed by atoms with Gasteiger partial charge in [0.05, 0.1) is 0 Å². The summed E-state index contributed by atoms with van der Waals surface area (Å²) in [4.78, 5) is 15.3. The number of amides is 1. The number of hydrogen-bond donors (Lipinski definition) is 3. The Kier molecular flexibility index (Phi) is 8.69. The summed E-state index contributed by atoms with van der Waals surface area (Å²) in [5.41, 5.74) is 8.75. The molecule has 0 saturated carbocycles. The van der Waals surface area contributed by atoms with Gasteiger partial charge < -0.3 is 21.1 Å². The van der Waals surface area contributed by atoms with Gasteiger partial charge in [0.25, 0.3) is 5.91 Å². The van der Waals surface area contributed by atoms with Crippen molar-refractivity contribution >= 4 is 11.9 Å². The SMILES string of the molecule is CN=C(NCc1cccc(OCC(N)=O)c1)NCC(Cc1ccccc1)c1ccccc1. The zero-order chi connectivity index (χ0) is 22.6. The van der Waals surface area contributed by atoms with E-state index in [9.17, 15) is 4.79 Å². The number of carbonyl (C=O) groups excluding carboxylic acids is 1. The Balaban J connectivity index is 1.59. The van der Waals surface area contributed by atoms with Gasteiger partial charge in [0.1, 0.15) is 5.75 Å². The van der Waals surface area contributed by atoms with Gasteiger partial charge in [-0.2, -0.15) is 0 Å². The molecule has 32 heavy (non-hydrogen) atoms. The second kappa shape index (κ2) is 12.2. The van der Waals surface area contributed by atoms with Gasteiger partial charge in [-0.3, -0.25) is 9.79 Å². The summed E-state index contributed by atoms with van der Waals surface area (Å²) < 4.78 is 5.38. The van der Waals surface area contributed by atoms with E-state index >= 15 is 0 Å². The molecule has 166 valence electrons. The highest BCUT2D eigenvalue weighted by Gasteiger charge is 2.13. The molecule has 0 aliphatic heterocycles. The molecule has 3 rings (SSSR count). The summed E-state index contributed by atoms with van der Waals surface area (Å²) in [6, 6.07) is 28.6. The molecule has 4 N–H and O–H groups in total. The number of guanidine groups is 1. The molecule has 1 amide bonds. The van der Waals surface area contributed by atoms with Crippen molar-refractivity contribution in [2.24, 2.45) is 10.7 Å². The number of hydrogen-bond acceptors (Lipinski definition) is 3. The molecule has 0 aromatic heterocycles. The van der Waals surface area contributed by atoms with Crippen molar-refractivity contribution in [2.75, 3.05) is 20.2 Å². The minimum atomic E-state index is -0.499. The van der Waals surface area contributed by atoms with E-state index in [0.29, 0.717) is 18.2 Å². The molecule has 0 fully saturated rings. The number of carbonyl (C=O) groups is 1. The van der Waals surface area contributed by atoms with Crippen molar-refractivity contribution in [2.45, 2.75) is 18.9 Å². The second-order valence-electron chi connectivity index (χ2n) is 7.51. The van der Waals surface area contributed by atoms with Crippen LogP contribution in [-0.2, 0) is 17.8 Å². The summed E-state index contributed by atoms with van der Waals surface area (Å²) in [7, 11) is 1.76. The smallest absolute Gasteiger partial charge is 0.255 e. The lowest BCUT2D eigenvalue weighted by molar-refractivity contribution is -0.119. The molecule has 1 atom stereocenters. The predicted octanol–water partition coefficient (Wildman–Crippen LogP) is 3.24. The average molecular weight is 431 g/mol. The molecular weight excluding hydrogens is 400 g/mol. The van der Waals surface area contributed by atoms with Gasteiger partial charge in [0, 0.05) is 26.1 Å². The van der Waals surface area contributed by atoms with E-state index in [4.69, 9.17) is 10.5 Å². The van der Waals surface area contributed by atoms with Crippen LogP contribution in [0.4, 0.5) is 0 Å². The lowest BCUT2D eigenvalue weighted by atomic mass is 9.92. The molecule has 3 aromatic rings. The lowest BCUT2D eigenvalue weighted by Gasteiger charge is -2.20. The first kappa shape index (κ1) is 22.9. The molecule has 6 heteroatoms. The summed E-state index contributed by atoms with van der Waals surface area (Å²) in [5.74, 6) is 1.14. The first-order valence-electron chi connectivity index (χ1n) is 10.7. The fourth-order valence-corrected chi connectivity index (χ4v) is 3.46. The monoisotopic (exact) mass is 430 g/mol. The minimum Gasteiger partial charge on any atom is -0.484 e. The molecule has 0 spiro atoms. The number of ether oxygens (including phenoxy) is 1. The zero-order valence-electron chi connectivity index (χ0n) is 18.3. The standard InChI is InChI=1S/C26H30N4O2/c1-28-26(29-17-21-11-8-14-24(16-21)32-19-25(27)31)30-18-23(22-12-6-3-7-13-22)15-20-9-4-2-5-10-20/h2-14,16,23H,15,17-19H2,1H3,(H2,27,31)(H2,28,29,30). The minimum absolute atomic E-state index is 0.137. The van der Waals surface area contributed by atoms with E-state index in [1.165, 1.54) is 11.1 Å². The summed E-state index contributed by atoms with van der Waals surface area (Å²) in [6.07, 6.45) is 0.939. The summed E-state index contributed by atoms with van der Waals surface area (Å²) in [5, 5.41) is 6.80. The summed E-state index contributed by atoms with van der Waals surface area (Å²) in [6.45, 7) is 1.19. The van der Waals surface area contributed by atoms with Gasteiger partial charge in [-0.25, -0.2) is 0 Å². The highest BCUT2D eigenvalue weighted by molar-refractivity contribution is 5.79. The van der Waals surface area contributed by atoms with Crippen LogP contribution < -0.4 is 21.1 Å². The van der Waals surface area contributed by atoms with Gasteiger partial charge >= 0.3 is 0 Å². The van der Waals surface area contributed by atoms with Crippen molar-refractivity contribution in [3.05, 3.63) is 102 Å². The summed E-state index contributed by atoms with van der Waals surface area (Å²) >= 11 is 0. The Labute approximate surface area is 189 Å². The van der Waals surface area contributed by atoms with Crippen LogP contribution in [-0.4, -0.2) is 32.1 Å². The van der Waals surface area contributed by atoms with Crippen molar-refractivity contribution in [1.29, 1.82) is 0 Å². The van der Waals surface area contributed by atoms with Crippen LogP contribution >= 0.6 is 0 Å². The maximum absolute atomic E-state index is 10.9. The van der Waals surface area contributed by atoms with Gasteiger partial charge in [-0.05, 0) is 35.2 Å². The molecule has 1 unspecified atom stereocenters. The second-order valence-corrected chi connectivity index (χ2v) is 7.51. The molecule has 0 radical (unpaired) electrons. The van der Waals surface area contributed by atoms with Crippen LogP contribution in [0.25, 0.3) is 0 Å². The van der Waals surface area contributed by atoms with Crippen molar-refractivity contribution in [3.8, 4) is 5.75 Å². The largest absolute Gasteiger partial charge is 0.484 e. The van der Waals surface area contributed by atoms with Crippen LogP contribution in [0.1, 0.15) is 22.6 Å². The van der Waals surface area contributed by atoms with E-state index in [2.05, 4.69) is 64.2 Å². The number of nitrogens with zero attached hydrogens (tertiary/aromatic N) is 1. The number of nitrogens with one attached hydrogen (secondary N) is 2. The first-order valence-corrected chi connectivity index (χ1v) is 10.7. The van der Waals surface area contributed by atoms with E-state index in [1.54, 1.807) is 13.1 Å². The van der Waals surface area contributed by atoms with Gasteiger partial charge in [-0.1, -0.05) is 72.8 Å². The highest BCUT2D eigenvalue weighted by atomic mass is 16.5. The molecule has 6 nitrogen and oxygen atoms in total. The average Bonchev–Trinajstić information content (AvgIpc) is 2.83. The Hall–Kier alpha value is -3.80. The predicted molar refractivity (Wildman–Crippen MR) is 129 cm³/mol. The van der Waals surface area contributed by atoms with Crippen molar-refractivity contribution in [3.63, 3.8) is 0 Å².